The van der Waals surface area contributed by atoms with E-state index in [9.17, 15) is 18.0 Å². The number of carbonyl (C=O) groups is 1. The van der Waals surface area contributed by atoms with Gasteiger partial charge in [0, 0.05) is 12.6 Å². The molecular weight excluding hydrogens is 411 g/mol. The number of halogens is 3. The fourth-order valence-corrected chi connectivity index (χ4v) is 3.44. The summed E-state index contributed by atoms with van der Waals surface area (Å²) >= 11 is 0. The molecule has 0 bridgehead atoms. The lowest BCUT2D eigenvalue weighted by Gasteiger charge is -2.17. The quantitative estimate of drug-likeness (QED) is 0.435. The van der Waals surface area contributed by atoms with Gasteiger partial charge in [0.15, 0.2) is 0 Å². The topological polar surface area (TPSA) is 72.4 Å². The van der Waals surface area contributed by atoms with Gasteiger partial charge in [-0.15, -0.1) is 0 Å². The third kappa shape index (κ3) is 3.90. The second kappa shape index (κ2) is 7.57. The number of hydrogen-bond donors (Lipinski definition) is 0. The standard InChI is InChI=1S/C22H18F3N3O3/c1-12-8-9-14(30-12)11-28(3)21(29)16-10-18(26-20-19(16)13(2)27-31-20)15-6-4-5-7-17(15)22(23,24)25/h4-10H,11H2,1-3H3. The van der Waals surface area contributed by atoms with Crippen molar-refractivity contribution < 1.29 is 26.9 Å². The van der Waals surface area contributed by atoms with Gasteiger partial charge < -0.3 is 13.8 Å². The van der Waals surface area contributed by atoms with Gasteiger partial charge in [-0.25, -0.2) is 4.98 Å². The van der Waals surface area contributed by atoms with Gasteiger partial charge in [-0.3, -0.25) is 4.79 Å². The van der Waals surface area contributed by atoms with Gasteiger partial charge in [-0.1, -0.05) is 23.4 Å². The molecule has 0 aliphatic heterocycles. The number of hydrogen-bond acceptors (Lipinski definition) is 5. The van der Waals surface area contributed by atoms with Crippen molar-refractivity contribution >= 4 is 17.0 Å². The molecule has 0 radical (unpaired) electrons. The number of amides is 1. The third-order valence-electron chi connectivity index (χ3n) is 4.89. The summed E-state index contributed by atoms with van der Waals surface area (Å²) in [6.45, 7) is 3.63. The Labute approximate surface area is 175 Å². The van der Waals surface area contributed by atoms with Gasteiger partial charge in [-0.05, 0) is 38.1 Å². The summed E-state index contributed by atoms with van der Waals surface area (Å²) in [5.74, 6) is 0.880. The molecule has 0 atom stereocenters. The zero-order chi connectivity index (χ0) is 22.3. The van der Waals surface area contributed by atoms with Crippen LogP contribution in [-0.2, 0) is 12.7 Å². The molecule has 4 aromatic rings. The number of rotatable bonds is 4. The van der Waals surface area contributed by atoms with E-state index in [1.807, 2.05) is 0 Å². The Morgan fingerprint density at radius 1 is 1.13 bits per heavy atom. The first-order valence-corrected chi connectivity index (χ1v) is 9.39. The molecule has 4 rings (SSSR count). The van der Waals surface area contributed by atoms with Gasteiger partial charge in [0.25, 0.3) is 11.6 Å². The molecular formula is C22H18F3N3O3. The van der Waals surface area contributed by atoms with Crippen LogP contribution in [0.2, 0.25) is 0 Å². The molecule has 3 heterocycles. The van der Waals surface area contributed by atoms with Crippen LogP contribution in [-0.4, -0.2) is 28.0 Å². The molecule has 9 heteroatoms. The van der Waals surface area contributed by atoms with E-state index in [1.165, 1.54) is 29.2 Å². The summed E-state index contributed by atoms with van der Waals surface area (Å²) < 4.78 is 51.3. The van der Waals surface area contributed by atoms with E-state index in [4.69, 9.17) is 8.94 Å². The number of fused-ring (bicyclic) bond motifs is 1. The van der Waals surface area contributed by atoms with E-state index in [1.54, 1.807) is 33.0 Å². The number of alkyl halides is 3. The fourth-order valence-electron chi connectivity index (χ4n) is 3.44. The molecule has 160 valence electrons. The van der Waals surface area contributed by atoms with Crippen molar-refractivity contribution in [3.05, 3.63) is 70.8 Å². The number of nitrogens with zero attached hydrogens (tertiary/aromatic N) is 3. The SMILES string of the molecule is Cc1ccc(CN(C)C(=O)c2cc(-c3ccccc3C(F)(F)F)nc3onc(C)c23)o1. The summed E-state index contributed by atoms with van der Waals surface area (Å²) in [5.41, 5.74) is -0.454. The zero-order valence-electron chi connectivity index (χ0n) is 16.9. The van der Waals surface area contributed by atoms with Gasteiger partial charge >= 0.3 is 6.18 Å². The number of carbonyl (C=O) groups excluding carboxylic acids is 1. The van der Waals surface area contributed by atoms with Crippen molar-refractivity contribution in [3.63, 3.8) is 0 Å². The molecule has 0 spiro atoms. The largest absolute Gasteiger partial charge is 0.464 e. The molecule has 0 saturated carbocycles. The zero-order valence-corrected chi connectivity index (χ0v) is 16.9. The van der Waals surface area contributed by atoms with Gasteiger partial charge in [-0.2, -0.15) is 13.2 Å². The number of aromatic nitrogens is 2. The van der Waals surface area contributed by atoms with Crippen LogP contribution < -0.4 is 0 Å². The van der Waals surface area contributed by atoms with E-state index in [0.29, 0.717) is 22.6 Å². The first-order valence-electron chi connectivity index (χ1n) is 9.39. The van der Waals surface area contributed by atoms with Crippen molar-refractivity contribution in [2.24, 2.45) is 0 Å². The lowest BCUT2D eigenvalue weighted by atomic mass is 10.0. The molecule has 0 aliphatic carbocycles. The molecule has 0 N–H and O–H groups in total. The van der Waals surface area contributed by atoms with Crippen LogP contribution in [0.25, 0.3) is 22.4 Å². The summed E-state index contributed by atoms with van der Waals surface area (Å²) in [6, 6.07) is 9.96. The highest BCUT2D eigenvalue weighted by Crippen LogP contribution is 2.37. The smallest absolute Gasteiger partial charge is 0.417 e. The fraction of sp³-hybridized carbons (Fsp3) is 0.227. The second-order valence-corrected chi connectivity index (χ2v) is 7.22. The summed E-state index contributed by atoms with van der Waals surface area (Å²) in [6.07, 6.45) is -4.58. The Morgan fingerprint density at radius 3 is 2.55 bits per heavy atom. The Hall–Kier alpha value is -3.62. The van der Waals surface area contributed by atoms with Gasteiger partial charge in [0.1, 0.15) is 11.5 Å². The van der Waals surface area contributed by atoms with E-state index < -0.39 is 17.6 Å². The summed E-state index contributed by atoms with van der Waals surface area (Å²) in [7, 11) is 1.58. The predicted molar refractivity (Wildman–Crippen MR) is 106 cm³/mol. The first kappa shape index (κ1) is 20.6. The number of aryl methyl sites for hydroxylation is 2. The van der Waals surface area contributed by atoms with Gasteiger partial charge in [0.2, 0.25) is 0 Å². The Balaban J connectivity index is 1.83. The van der Waals surface area contributed by atoms with Crippen LogP contribution in [0.5, 0.6) is 0 Å². The van der Waals surface area contributed by atoms with Crippen LogP contribution in [0.15, 0.2) is 51.4 Å². The van der Waals surface area contributed by atoms with Crippen LogP contribution in [0.3, 0.4) is 0 Å². The van der Waals surface area contributed by atoms with Gasteiger partial charge in [0.05, 0.1) is 34.4 Å². The Morgan fingerprint density at radius 2 is 1.87 bits per heavy atom. The van der Waals surface area contributed by atoms with Crippen LogP contribution >= 0.6 is 0 Å². The highest BCUT2D eigenvalue weighted by atomic mass is 19.4. The highest BCUT2D eigenvalue weighted by molar-refractivity contribution is 6.06. The van der Waals surface area contributed by atoms with E-state index in [2.05, 4.69) is 10.1 Å². The lowest BCUT2D eigenvalue weighted by molar-refractivity contribution is -0.137. The van der Waals surface area contributed by atoms with E-state index in [0.717, 1.165) is 6.07 Å². The molecule has 1 amide bonds. The lowest BCUT2D eigenvalue weighted by Crippen LogP contribution is -2.26. The monoisotopic (exact) mass is 429 g/mol. The predicted octanol–water partition coefficient (Wildman–Crippen LogP) is 5.39. The van der Waals surface area contributed by atoms with Crippen LogP contribution in [0.1, 0.15) is 33.1 Å². The molecule has 0 saturated heterocycles. The number of benzene rings is 1. The Kier molecular flexibility index (Phi) is 5.04. The maximum absolute atomic E-state index is 13.5. The first-order chi connectivity index (χ1) is 14.6. The van der Waals surface area contributed by atoms with E-state index >= 15 is 0 Å². The summed E-state index contributed by atoms with van der Waals surface area (Å²) in [5, 5.41) is 4.20. The molecule has 3 aromatic heterocycles. The third-order valence-corrected chi connectivity index (χ3v) is 4.89. The molecule has 0 fully saturated rings. The molecule has 31 heavy (non-hydrogen) atoms. The van der Waals surface area contributed by atoms with Crippen LogP contribution in [0.4, 0.5) is 13.2 Å². The van der Waals surface area contributed by atoms with Crippen molar-refractivity contribution in [3.8, 4) is 11.3 Å². The van der Waals surface area contributed by atoms with Crippen LogP contribution in [0, 0.1) is 13.8 Å². The molecule has 0 unspecified atom stereocenters. The molecule has 1 aromatic carbocycles. The van der Waals surface area contributed by atoms with Crippen molar-refractivity contribution in [1.82, 2.24) is 15.0 Å². The average molecular weight is 429 g/mol. The van der Waals surface area contributed by atoms with Crippen molar-refractivity contribution in [1.29, 1.82) is 0 Å². The average Bonchev–Trinajstić information content (AvgIpc) is 3.31. The number of furan rings is 1. The molecule has 0 aliphatic rings. The second-order valence-electron chi connectivity index (χ2n) is 7.22. The minimum absolute atomic E-state index is 0.00225. The normalized spacial score (nSPS) is 11.8. The maximum Gasteiger partial charge on any atom is 0.417 e. The maximum atomic E-state index is 13.5. The van der Waals surface area contributed by atoms with Crippen molar-refractivity contribution in [2.45, 2.75) is 26.6 Å². The van der Waals surface area contributed by atoms with Crippen molar-refractivity contribution in [2.75, 3.05) is 7.05 Å². The minimum Gasteiger partial charge on any atom is -0.464 e. The summed E-state index contributed by atoms with van der Waals surface area (Å²) in [4.78, 5) is 18.9. The molecule has 6 nitrogen and oxygen atoms in total. The number of pyridine rings is 1. The highest BCUT2D eigenvalue weighted by Gasteiger charge is 2.34. The van der Waals surface area contributed by atoms with E-state index in [-0.39, 0.29) is 29.1 Å². The minimum atomic E-state index is -4.58. The Bertz CT molecular complexity index is 1270.